The number of ether oxygens (including phenoxy) is 1. The minimum absolute atomic E-state index is 0.0352. The minimum atomic E-state index is -0.143. The molecular formula is C21H34N4O2. The maximum Gasteiger partial charge on any atom is 0.241 e. The quantitative estimate of drug-likeness (QED) is 0.827. The van der Waals surface area contributed by atoms with Crippen LogP contribution >= 0.6 is 0 Å². The number of carbonyl (C=O) groups excluding carboxylic acids is 1. The number of benzene rings is 1. The van der Waals surface area contributed by atoms with E-state index in [2.05, 4.69) is 27.1 Å². The van der Waals surface area contributed by atoms with Gasteiger partial charge in [-0.1, -0.05) is 12.1 Å². The van der Waals surface area contributed by atoms with Crippen molar-refractivity contribution in [2.75, 3.05) is 58.2 Å². The summed E-state index contributed by atoms with van der Waals surface area (Å²) in [6.07, 6.45) is 2.59. The zero-order valence-electron chi connectivity index (χ0n) is 17.0. The Morgan fingerprint density at radius 1 is 1.22 bits per heavy atom. The van der Waals surface area contributed by atoms with Gasteiger partial charge in [0.05, 0.1) is 18.3 Å². The fourth-order valence-corrected chi connectivity index (χ4v) is 4.18. The number of amides is 1. The lowest BCUT2D eigenvalue weighted by Crippen LogP contribution is -2.57. The molecule has 1 amide bonds. The van der Waals surface area contributed by atoms with Crippen LogP contribution in [0.25, 0.3) is 0 Å². The smallest absolute Gasteiger partial charge is 0.241 e. The van der Waals surface area contributed by atoms with E-state index in [1.54, 1.807) is 0 Å². The van der Waals surface area contributed by atoms with Gasteiger partial charge in [0.25, 0.3) is 0 Å². The Labute approximate surface area is 163 Å². The van der Waals surface area contributed by atoms with E-state index >= 15 is 0 Å². The summed E-state index contributed by atoms with van der Waals surface area (Å²) in [6.45, 7) is 10.9. The van der Waals surface area contributed by atoms with E-state index < -0.39 is 0 Å². The van der Waals surface area contributed by atoms with Gasteiger partial charge in [-0.25, -0.2) is 0 Å². The topological polar surface area (TPSA) is 48.1 Å². The third kappa shape index (κ3) is 5.21. The summed E-state index contributed by atoms with van der Waals surface area (Å²) in [5, 5.41) is 3.05. The molecule has 0 bridgehead atoms. The van der Waals surface area contributed by atoms with Crippen molar-refractivity contribution in [3.63, 3.8) is 0 Å². The van der Waals surface area contributed by atoms with Crippen LogP contribution in [0.15, 0.2) is 24.3 Å². The normalized spacial score (nSPS) is 23.7. The number of anilines is 1. The molecule has 2 atom stereocenters. The minimum Gasteiger partial charge on any atom is -0.492 e. The number of carbonyl (C=O) groups is 1. The standard InChI is InChI=1S/C21H34N4O2/c1-4-27-20-10-6-5-9-19(20)22-21(26)17(2)24-12-14-25(15-13-24)18-8-7-11-23(3)16-18/h5-6,9-10,17-18H,4,7-8,11-16H2,1-3H3,(H,22,26). The van der Waals surface area contributed by atoms with Gasteiger partial charge in [0.2, 0.25) is 5.91 Å². The first-order valence-electron chi connectivity index (χ1n) is 10.3. The second-order valence-electron chi connectivity index (χ2n) is 7.72. The van der Waals surface area contributed by atoms with Crippen molar-refractivity contribution >= 4 is 11.6 Å². The van der Waals surface area contributed by atoms with Crippen molar-refractivity contribution < 1.29 is 9.53 Å². The highest BCUT2D eigenvalue weighted by Crippen LogP contribution is 2.24. The molecule has 0 spiro atoms. The number of piperidine rings is 1. The highest BCUT2D eigenvalue weighted by Gasteiger charge is 2.30. The molecule has 0 aliphatic carbocycles. The molecule has 0 aromatic heterocycles. The Balaban J connectivity index is 1.51. The van der Waals surface area contributed by atoms with Gasteiger partial charge in [0.15, 0.2) is 0 Å². The van der Waals surface area contributed by atoms with Gasteiger partial charge < -0.3 is 15.0 Å². The fraction of sp³-hybridized carbons (Fsp3) is 0.667. The molecule has 2 aliphatic heterocycles. The molecule has 2 aliphatic rings. The van der Waals surface area contributed by atoms with Crippen LogP contribution in [0.5, 0.6) is 5.75 Å². The van der Waals surface area contributed by atoms with Crippen molar-refractivity contribution in [2.45, 2.75) is 38.8 Å². The Morgan fingerprint density at radius 2 is 1.96 bits per heavy atom. The lowest BCUT2D eigenvalue weighted by atomic mass is 10.0. The molecule has 0 radical (unpaired) electrons. The molecule has 1 aromatic carbocycles. The number of rotatable bonds is 6. The van der Waals surface area contributed by atoms with E-state index in [1.165, 1.54) is 25.9 Å². The third-order valence-electron chi connectivity index (χ3n) is 5.84. The molecule has 27 heavy (non-hydrogen) atoms. The first-order chi connectivity index (χ1) is 13.1. The average molecular weight is 375 g/mol. The Hall–Kier alpha value is -1.63. The molecule has 2 unspecified atom stereocenters. The second kappa shape index (κ2) is 9.53. The van der Waals surface area contributed by atoms with E-state index in [1.807, 2.05) is 38.1 Å². The summed E-state index contributed by atoms with van der Waals surface area (Å²) >= 11 is 0. The number of piperazine rings is 1. The number of para-hydroxylation sites is 2. The van der Waals surface area contributed by atoms with Crippen LogP contribution in [0.4, 0.5) is 5.69 Å². The number of nitrogens with zero attached hydrogens (tertiary/aromatic N) is 3. The van der Waals surface area contributed by atoms with E-state index in [4.69, 9.17) is 4.74 Å². The zero-order chi connectivity index (χ0) is 19.2. The van der Waals surface area contributed by atoms with Gasteiger partial charge in [0.1, 0.15) is 5.75 Å². The molecule has 2 fully saturated rings. The lowest BCUT2D eigenvalue weighted by Gasteiger charge is -2.43. The average Bonchev–Trinajstić information content (AvgIpc) is 2.69. The van der Waals surface area contributed by atoms with Crippen molar-refractivity contribution in [1.29, 1.82) is 0 Å². The Kier molecular flexibility index (Phi) is 7.10. The number of hydrogen-bond donors (Lipinski definition) is 1. The van der Waals surface area contributed by atoms with E-state index in [9.17, 15) is 4.79 Å². The molecule has 1 aromatic rings. The first-order valence-corrected chi connectivity index (χ1v) is 10.3. The van der Waals surface area contributed by atoms with Crippen molar-refractivity contribution in [2.24, 2.45) is 0 Å². The molecule has 0 saturated carbocycles. The van der Waals surface area contributed by atoms with Crippen LogP contribution in [0.1, 0.15) is 26.7 Å². The molecule has 6 nitrogen and oxygen atoms in total. The number of nitrogens with one attached hydrogen (secondary N) is 1. The molecule has 3 rings (SSSR count). The maximum absolute atomic E-state index is 12.8. The summed E-state index contributed by atoms with van der Waals surface area (Å²) in [5.41, 5.74) is 0.750. The SMILES string of the molecule is CCOc1ccccc1NC(=O)C(C)N1CCN(C2CCCN(C)C2)CC1. The second-order valence-corrected chi connectivity index (χ2v) is 7.72. The maximum atomic E-state index is 12.8. The largest absolute Gasteiger partial charge is 0.492 e. The number of hydrogen-bond acceptors (Lipinski definition) is 5. The van der Waals surface area contributed by atoms with Crippen LogP contribution in [0.3, 0.4) is 0 Å². The summed E-state index contributed by atoms with van der Waals surface area (Å²) < 4.78 is 5.61. The highest BCUT2D eigenvalue weighted by molar-refractivity contribution is 5.95. The summed E-state index contributed by atoms with van der Waals surface area (Å²) in [7, 11) is 2.22. The van der Waals surface area contributed by atoms with E-state index in [-0.39, 0.29) is 11.9 Å². The number of likely N-dealkylation sites (N-methyl/N-ethyl adjacent to an activating group) is 1. The molecule has 2 heterocycles. The van der Waals surface area contributed by atoms with E-state index in [0.717, 1.165) is 37.6 Å². The van der Waals surface area contributed by atoms with Crippen LogP contribution in [-0.2, 0) is 4.79 Å². The summed E-state index contributed by atoms with van der Waals surface area (Å²) in [6, 6.07) is 8.16. The van der Waals surface area contributed by atoms with Gasteiger partial charge in [-0.2, -0.15) is 0 Å². The van der Waals surface area contributed by atoms with Crippen LogP contribution < -0.4 is 10.1 Å². The molecule has 6 heteroatoms. The third-order valence-corrected chi connectivity index (χ3v) is 5.84. The fourth-order valence-electron chi connectivity index (χ4n) is 4.18. The molecule has 150 valence electrons. The first kappa shape index (κ1) is 20.1. The van der Waals surface area contributed by atoms with Crippen molar-refractivity contribution in [1.82, 2.24) is 14.7 Å². The van der Waals surface area contributed by atoms with Crippen LogP contribution in [-0.4, -0.2) is 85.6 Å². The lowest BCUT2D eigenvalue weighted by molar-refractivity contribution is -0.121. The summed E-state index contributed by atoms with van der Waals surface area (Å²) in [5.74, 6) is 0.764. The van der Waals surface area contributed by atoms with E-state index in [0.29, 0.717) is 12.6 Å². The molecule has 2 saturated heterocycles. The predicted octanol–water partition coefficient (Wildman–Crippen LogP) is 2.12. The highest BCUT2D eigenvalue weighted by atomic mass is 16.5. The zero-order valence-corrected chi connectivity index (χ0v) is 17.0. The van der Waals surface area contributed by atoms with Crippen LogP contribution in [0.2, 0.25) is 0 Å². The van der Waals surface area contributed by atoms with Crippen LogP contribution in [0, 0.1) is 0 Å². The Morgan fingerprint density at radius 3 is 2.67 bits per heavy atom. The van der Waals surface area contributed by atoms with Crippen molar-refractivity contribution in [3.8, 4) is 5.75 Å². The van der Waals surface area contributed by atoms with Crippen molar-refractivity contribution in [3.05, 3.63) is 24.3 Å². The Bertz CT molecular complexity index is 616. The van der Waals surface area contributed by atoms with Gasteiger partial charge in [-0.3, -0.25) is 14.6 Å². The predicted molar refractivity (Wildman–Crippen MR) is 109 cm³/mol. The summed E-state index contributed by atoms with van der Waals surface area (Å²) in [4.78, 5) is 20.1. The monoisotopic (exact) mass is 374 g/mol. The molecular weight excluding hydrogens is 340 g/mol. The van der Waals surface area contributed by atoms with Gasteiger partial charge in [-0.05, 0) is 52.4 Å². The van der Waals surface area contributed by atoms with Gasteiger partial charge in [0, 0.05) is 38.8 Å². The number of likely N-dealkylation sites (tertiary alicyclic amines) is 1. The molecule has 1 N–H and O–H groups in total. The van der Waals surface area contributed by atoms with Gasteiger partial charge in [-0.15, -0.1) is 0 Å². The van der Waals surface area contributed by atoms with Gasteiger partial charge >= 0.3 is 0 Å².